The molecule has 0 atom stereocenters. The van der Waals surface area contributed by atoms with Gasteiger partial charge in [0.25, 0.3) is 5.91 Å². The summed E-state index contributed by atoms with van der Waals surface area (Å²) in [6.07, 6.45) is -3.19. The molecule has 3 rings (SSSR count). The van der Waals surface area contributed by atoms with Gasteiger partial charge in [-0.15, -0.1) is 11.8 Å². The van der Waals surface area contributed by atoms with Crippen molar-refractivity contribution in [1.29, 1.82) is 0 Å². The number of carbonyl (C=O) groups excluding carboxylic acids is 1. The fourth-order valence-corrected chi connectivity index (χ4v) is 4.10. The Morgan fingerprint density at radius 2 is 1.91 bits per heavy atom. The molecule has 0 unspecified atom stereocenters. The third-order valence-corrected chi connectivity index (χ3v) is 5.51. The highest BCUT2D eigenvalue weighted by atomic mass is 32.2. The van der Waals surface area contributed by atoms with Crippen molar-refractivity contribution in [2.24, 2.45) is 0 Å². The van der Waals surface area contributed by atoms with Crippen molar-refractivity contribution in [2.75, 3.05) is 25.4 Å². The number of ether oxygens (including phenoxy) is 1. The molecule has 0 radical (unpaired) electrons. The second kappa shape index (κ2) is 5.77. The summed E-state index contributed by atoms with van der Waals surface area (Å²) >= 11 is 1.74. The zero-order valence-electron chi connectivity index (χ0n) is 11.9. The van der Waals surface area contributed by atoms with Crippen molar-refractivity contribution in [3.05, 3.63) is 35.4 Å². The number of thioether (sulfide) groups is 1. The molecular weight excluding hydrogens is 315 g/mol. The van der Waals surface area contributed by atoms with E-state index in [1.54, 1.807) is 11.8 Å². The summed E-state index contributed by atoms with van der Waals surface area (Å²) < 4.78 is 44.8. The molecular formula is C15H16F3NO2S. The summed E-state index contributed by atoms with van der Waals surface area (Å²) in [4.78, 5) is 13.7. The van der Waals surface area contributed by atoms with E-state index in [1.165, 1.54) is 23.1 Å². The minimum Gasteiger partial charge on any atom is -0.363 e. The second-order valence-electron chi connectivity index (χ2n) is 5.44. The number of benzene rings is 1. The monoisotopic (exact) mass is 331 g/mol. The Bertz CT molecular complexity index is 560. The van der Waals surface area contributed by atoms with Gasteiger partial charge >= 0.3 is 6.18 Å². The number of piperidine rings is 1. The Morgan fingerprint density at radius 3 is 2.50 bits per heavy atom. The first-order chi connectivity index (χ1) is 10.4. The third-order valence-electron chi connectivity index (χ3n) is 4.09. The SMILES string of the molecule is O=C(c1ccccc1C(F)(F)F)N1CCC2(CC1)OCCS2. The summed E-state index contributed by atoms with van der Waals surface area (Å²) in [6.45, 7) is 1.56. The molecule has 2 fully saturated rings. The molecule has 3 nitrogen and oxygen atoms in total. The third kappa shape index (κ3) is 2.96. The Balaban J connectivity index is 1.76. The van der Waals surface area contributed by atoms with Crippen LogP contribution in [0.1, 0.15) is 28.8 Å². The van der Waals surface area contributed by atoms with Crippen molar-refractivity contribution in [3.63, 3.8) is 0 Å². The number of likely N-dealkylation sites (tertiary alicyclic amines) is 1. The van der Waals surface area contributed by atoms with Crippen LogP contribution >= 0.6 is 11.8 Å². The molecule has 0 N–H and O–H groups in total. The van der Waals surface area contributed by atoms with E-state index in [2.05, 4.69) is 0 Å². The van der Waals surface area contributed by atoms with Gasteiger partial charge in [-0.25, -0.2) is 0 Å². The number of halogens is 3. The zero-order chi connectivity index (χ0) is 15.8. The number of rotatable bonds is 1. The molecule has 2 heterocycles. The van der Waals surface area contributed by atoms with Crippen LogP contribution in [0.25, 0.3) is 0 Å². The van der Waals surface area contributed by atoms with E-state index in [-0.39, 0.29) is 10.5 Å². The van der Waals surface area contributed by atoms with Crippen LogP contribution in [-0.4, -0.2) is 41.2 Å². The van der Waals surface area contributed by atoms with Crippen molar-refractivity contribution < 1.29 is 22.7 Å². The van der Waals surface area contributed by atoms with Gasteiger partial charge < -0.3 is 9.64 Å². The average Bonchev–Trinajstić information content (AvgIpc) is 2.95. The van der Waals surface area contributed by atoms with Gasteiger partial charge in [0.1, 0.15) is 4.93 Å². The van der Waals surface area contributed by atoms with E-state index in [4.69, 9.17) is 4.74 Å². The molecule has 2 aliphatic heterocycles. The van der Waals surface area contributed by atoms with Crippen molar-refractivity contribution in [3.8, 4) is 0 Å². The first-order valence-electron chi connectivity index (χ1n) is 7.15. The second-order valence-corrected chi connectivity index (χ2v) is 6.88. The minimum absolute atomic E-state index is 0.236. The molecule has 1 aromatic rings. The largest absolute Gasteiger partial charge is 0.417 e. The van der Waals surface area contributed by atoms with Crippen LogP contribution in [0.3, 0.4) is 0 Å². The quantitative estimate of drug-likeness (QED) is 0.790. The van der Waals surface area contributed by atoms with E-state index >= 15 is 0 Å². The maximum Gasteiger partial charge on any atom is 0.417 e. The lowest BCUT2D eigenvalue weighted by Crippen LogP contribution is -2.45. The van der Waals surface area contributed by atoms with Crippen LogP contribution in [0.15, 0.2) is 24.3 Å². The molecule has 120 valence electrons. The number of amides is 1. The van der Waals surface area contributed by atoms with Gasteiger partial charge in [-0.05, 0) is 12.1 Å². The van der Waals surface area contributed by atoms with Crippen molar-refractivity contribution >= 4 is 17.7 Å². The molecule has 22 heavy (non-hydrogen) atoms. The first kappa shape index (κ1) is 15.7. The van der Waals surface area contributed by atoms with Gasteiger partial charge in [0.05, 0.1) is 17.7 Å². The Labute approximate surface area is 130 Å². The van der Waals surface area contributed by atoms with E-state index in [0.29, 0.717) is 32.5 Å². The molecule has 0 saturated carbocycles. The fraction of sp³-hybridized carbons (Fsp3) is 0.533. The Hall–Kier alpha value is -1.21. The van der Waals surface area contributed by atoms with E-state index in [0.717, 1.165) is 11.8 Å². The molecule has 7 heteroatoms. The molecule has 1 spiro atoms. The standard InChI is InChI=1S/C15H16F3NO2S/c16-15(17,18)12-4-2-1-3-11(12)13(20)19-7-5-14(6-8-19)21-9-10-22-14/h1-4H,5-10H2. The highest BCUT2D eigenvalue weighted by molar-refractivity contribution is 8.00. The van der Waals surface area contributed by atoms with E-state index in [9.17, 15) is 18.0 Å². The predicted molar refractivity (Wildman–Crippen MR) is 77.7 cm³/mol. The number of hydrogen-bond acceptors (Lipinski definition) is 3. The van der Waals surface area contributed by atoms with Crippen molar-refractivity contribution in [2.45, 2.75) is 24.0 Å². The highest BCUT2D eigenvalue weighted by Crippen LogP contribution is 2.42. The molecule has 0 bridgehead atoms. The van der Waals surface area contributed by atoms with Gasteiger partial charge in [-0.3, -0.25) is 4.79 Å². The Kier molecular flexibility index (Phi) is 4.11. The Morgan fingerprint density at radius 1 is 1.23 bits per heavy atom. The van der Waals surface area contributed by atoms with E-state index < -0.39 is 17.6 Å². The van der Waals surface area contributed by atoms with Gasteiger partial charge in [0.2, 0.25) is 0 Å². The van der Waals surface area contributed by atoms with Crippen molar-refractivity contribution in [1.82, 2.24) is 4.90 Å². The van der Waals surface area contributed by atoms with Gasteiger partial charge in [0.15, 0.2) is 0 Å². The molecule has 1 aromatic carbocycles. The smallest absolute Gasteiger partial charge is 0.363 e. The zero-order valence-corrected chi connectivity index (χ0v) is 12.7. The topological polar surface area (TPSA) is 29.5 Å². The number of alkyl halides is 3. The molecule has 2 aliphatic rings. The fourth-order valence-electron chi connectivity index (χ4n) is 2.92. The van der Waals surface area contributed by atoms with Gasteiger partial charge in [-0.1, -0.05) is 12.1 Å². The summed E-state index contributed by atoms with van der Waals surface area (Å²) in [7, 11) is 0. The summed E-state index contributed by atoms with van der Waals surface area (Å²) in [6, 6.07) is 4.96. The van der Waals surface area contributed by atoms with Crippen LogP contribution in [-0.2, 0) is 10.9 Å². The lowest BCUT2D eigenvalue weighted by Gasteiger charge is -2.38. The minimum atomic E-state index is -4.52. The van der Waals surface area contributed by atoms with Crippen LogP contribution in [0.2, 0.25) is 0 Å². The average molecular weight is 331 g/mol. The summed E-state index contributed by atoms with van der Waals surface area (Å²) in [5.41, 5.74) is -1.14. The van der Waals surface area contributed by atoms with Crippen LogP contribution in [0.4, 0.5) is 13.2 Å². The highest BCUT2D eigenvalue weighted by Gasteiger charge is 2.41. The normalized spacial score (nSPS) is 21.3. The summed E-state index contributed by atoms with van der Waals surface area (Å²) in [5.74, 6) is 0.385. The lowest BCUT2D eigenvalue weighted by molar-refractivity contribution is -0.138. The molecule has 0 aliphatic carbocycles. The number of nitrogens with zero attached hydrogens (tertiary/aromatic N) is 1. The molecule has 2 saturated heterocycles. The lowest BCUT2D eigenvalue weighted by atomic mass is 10.0. The predicted octanol–water partition coefficient (Wildman–Crippen LogP) is 3.40. The van der Waals surface area contributed by atoms with E-state index in [1.807, 2.05) is 0 Å². The van der Waals surface area contributed by atoms with Crippen LogP contribution < -0.4 is 0 Å². The van der Waals surface area contributed by atoms with Crippen LogP contribution in [0.5, 0.6) is 0 Å². The summed E-state index contributed by atoms with van der Waals surface area (Å²) in [5, 5.41) is 0. The maximum atomic E-state index is 13.0. The molecule has 1 amide bonds. The number of hydrogen-bond donors (Lipinski definition) is 0. The van der Waals surface area contributed by atoms with Gasteiger partial charge in [0, 0.05) is 31.7 Å². The van der Waals surface area contributed by atoms with Gasteiger partial charge in [-0.2, -0.15) is 13.2 Å². The molecule has 0 aromatic heterocycles. The maximum absolute atomic E-state index is 13.0. The number of carbonyl (C=O) groups is 1. The van der Waals surface area contributed by atoms with Crippen LogP contribution in [0, 0.1) is 0 Å². The first-order valence-corrected chi connectivity index (χ1v) is 8.13.